The fraction of sp³-hybridized carbons (Fsp3) is 0.231. The van der Waals surface area contributed by atoms with Crippen molar-refractivity contribution in [3.05, 3.63) is 50.4 Å². The van der Waals surface area contributed by atoms with Crippen molar-refractivity contribution in [3.8, 4) is 5.75 Å². The van der Waals surface area contributed by atoms with E-state index in [0.29, 0.717) is 17.9 Å². The summed E-state index contributed by atoms with van der Waals surface area (Å²) >= 11 is 5.02. The molecule has 0 aliphatic rings. The molecular weight excluding hydrogens is 317 g/mol. The molecule has 0 saturated carbocycles. The molecule has 0 spiro atoms. The zero-order chi connectivity index (χ0) is 13.1. The van der Waals surface area contributed by atoms with Gasteiger partial charge in [-0.1, -0.05) is 6.07 Å². The van der Waals surface area contributed by atoms with Gasteiger partial charge in [0.1, 0.15) is 18.2 Å². The highest BCUT2D eigenvalue weighted by atomic mass is 79.9. The third-order valence-electron chi connectivity index (χ3n) is 2.52. The maximum atomic E-state index is 13.7. The van der Waals surface area contributed by atoms with Crippen molar-refractivity contribution in [2.75, 3.05) is 0 Å². The summed E-state index contributed by atoms with van der Waals surface area (Å²) < 4.78 is 20.2. The van der Waals surface area contributed by atoms with Gasteiger partial charge in [-0.15, -0.1) is 11.3 Å². The highest BCUT2D eigenvalue weighted by molar-refractivity contribution is 9.10. The van der Waals surface area contributed by atoms with E-state index in [1.165, 1.54) is 6.07 Å². The molecular formula is C13H13BrFNOS. The number of halogens is 2. The maximum Gasteiger partial charge on any atom is 0.131 e. The van der Waals surface area contributed by atoms with Gasteiger partial charge in [0.15, 0.2) is 0 Å². The molecule has 1 aromatic carbocycles. The molecule has 0 unspecified atom stereocenters. The van der Waals surface area contributed by atoms with Crippen LogP contribution >= 0.6 is 27.3 Å². The lowest BCUT2D eigenvalue weighted by molar-refractivity contribution is 0.307. The van der Waals surface area contributed by atoms with Gasteiger partial charge in [0.05, 0.1) is 4.88 Å². The van der Waals surface area contributed by atoms with Crippen LogP contribution in [0.5, 0.6) is 5.75 Å². The molecule has 2 rings (SSSR count). The summed E-state index contributed by atoms with van der Waals surface area (Å²) in [5.74, 6) is 0.185. The number of benzene rings is 1. The first-order valence-corrected chi connectivity index (χ1v) is 7.15. The second-order valence-corrected chi connectivity index (χ2v) is 5.81. The molecule has 96 valence electrons. The number of nitrogens with two attached hydrogens (primary N) is 1. The Kier molecular flexibility index (Phi) is 4.37. The fourth-order valence-corrected chi connectivity index (χ4v) is 2.92. The van der Waals surface area contributed by atoms with Crippen LogP contribution in [0.15, 0.2) is 34.1 Å². The zero-order valence-electron chi connectivity index (χ0n) is 9.82. The first kappa shape index (κ1) is 13.5. The van der Waals surface area contributed by atoms with Crippen molar-refractivity contribution in [1.82, 2.24) is 0 Å². The largest absolute Gasteiger partial charge is 0.488 e. The summed E-state index contributed by atoms with van der Waals surface area (Å²) in [6.07, 6.45) is 0. The normalized spacial score (nSPS) is 12.4. The van der Waals surface area contributed by atoms with Crippen LogP contribution in [0.4, 0.5) is 4.39 Å². The van der Waals surface area contributed by atoms with E-state index in [0.717, 1.165) is 9.35 Å². The lowest BCUT2D eigenvalue weighted by Gasteiger charge is -2.10. The minimum absolute atomic E-state index is 0.314. The van der Waals surface area contributed by atoms with E-state index in [-0.39, 0.29) is 11.9 Å². The Bertz CT molecular complexity index is 542. The monoisotopic (exact) mass is 329 g/mol. The smallest absolute Gasteiger partial charge is 0.131 e. The van der Waals surface area contributed by atoms with Crippen LogP contribution in [0.3, 0.4) is 0 Å². The minimum Gasteiger partial charge on any atom is -0.488 e. The molecule has 0 aliphatic heterocycles. The number of hydrogen-bond acceptors (Lipinski definition) is 3. The van der Waals surface area contributed by atoms with Crippen molar-refractivity contribution in [3.63, 3.8) is 0 Å². The van der Waals surface area contributed by atoms with Gasteiger partial charge in [0.25, 0.3) is 0 Å². The molecule has 1 heterocycles. The van der Waals surface area contributed by atoms with Crippen LogP contribution < -0.4 is 10.5 Å². The van der Waals surface area contributed by atoms with Crippen LogP contribution in [-0.4, -0.2) is 0 Å². The number of ether oxygens (including phenoxy) is 1. The summed E-state index contributed by atoms with van der Waals surface area (Å²) in [5.41, 5.74) is 6.15. The van der Waals surface area contributed by atoms with Gasteiger partial charge in [-0.2, -0.15) is 0 Å². The maximum absolute atomic E-state index is 13.7. The average molecular weight is 330 g/mol. The predicted octanol–water partition coefficient (Wildman–Crippen LogP) is 4.25. The van der Waals surface area contributed by atoms with E-state index in [9.17, 15) is 4.39 Å². The van der Waals surface area contributed by atoms with Gasteiger partial charge in [-0.05, 0) is 40.4 Å². The van der Waals surface area contributed by atoms with Crippen LogP contribution in [0.2, 0.25) is 0 Å². The van der Waals surface area contributed by atoms with Gasteiger partial charge >= 0.3 is 0 Å². The summed E-state index contributed by atoms with van der Waals surface area (Å²) in [7, 11) is 0. The van der Waals surface area contributed by atoms with E-state index in [1.807, 2.05) is 11.4 Å². The standard InChI is InChI=1S/C13H13BrFNOS/c1-8(16)10-3-2-9(6-12(10)15)17-7-13-11(14)4-5-18-13/h2-6,8H,7,16H2,1H3/t8-/m0/s1. The van der Waals surface area contributed by atoms with E-state index >= 15 is 0 Å². The SMILES string of the molecule is C[C@H](N)c1ccc(OCc2sccc2Br)cc1F. The predicted molar refractivity (Wildman–Crippen MR) is 75.4 cm³/mol. The van der Waals surface area contributed by atoms with Crippen LogP contribution in [0, 0.1) is 5.82 Å². The molecule has 18 heavy (non-hydrogen) atoms. The summed E-state index contributed by atoms with van der Waals surface area (Å²) in [5, 5.41) is 1.97. The molecule has 0 amide bonds. The first-order valence-electron chi connectivity index (χ1n) is 5.47. The minimum atomic E-state index is -0.326. The Morgan fingerprint density at radius 2 is 2.22 bits per heavy atom. The van der Waals surface area contributed by atoms with Crippen molar-refractivity contribution in [2.24, 2.45) is 5.73 Å². The molecule has 2 aromatic rings. The van der Waals surface area contributed by atoms with Gasteiger partial charge < -0.3 is 10.5 Å². The van der Waals surface area contributed by atoms with Crippen molar-refractivity contribution in [2.45, 2.75) is 19.6 Å². The number of thiophene rings is 1. The third-order valence-corrected chi connectivity index (χ3v) is 4.42. The molecule has 0 saturated heterocycles. The molecule has 1 aromatic heterocycles. The third kappa shape index (κ3) is 3.10. The molecule has 0 fully saturated rings. The zero-order valence-corrected chi connectivity index (χ0v) is 12.2. The Labute approximate surface area is 118 Å². The quantitative estimate of drug-likeness (QED) is 0.910. The Balaban J connectivity index is 2.07. The summed E-state index contributed by atoms with van der Waals surface area (Å²) in [6.45, 7) is 2.18. The Morgan fingerprint density at radius 1 is 1.44 bits per heavy atom. The average Bonchev–Trinajstić information content (AvgIpc) is 2.72. The van der Waals surface area contributed by atoms with Crippen LogP contribution in [0.1, 0.15) is 23.4 Å². The molecule has 2 N–H and O–H groups in total. The van der Waals surface area contributed by atoms with Gasteiger partial charge in [-0.25, -0.2) is 4.39 Å². The van der Waals surface area contributed by atoms with Crippen molar-refractivity contribution >= 4 is 27.3 Å². The second kappa shape index (κ2) is 5.82. The van der Waals surface area contributed by atoms with Gasteiger partial charge in [0, 0.05) is 22.1 Å². The van der Waals surface area contributed by atoms with E-state index in [2.05, 4.69) is 15.9 Å². The Morgan fingerprint density at radius 3 is 2.78 bits per heavy atom. The number of rotatable bonds is 4. The lowest BCUT2D eigenvalue weighted by atomic mass is 10.1. The van der Waals surface area contributed by atoms with Crippen molar-refractivity contribution < 1.29 is 9.13 Å². The molecule has 1 atom stereocenters. The van der Waals surface area contributed by atoms with E-state index in [4.69, 9.17) is 10.5 Å². The van der Waals surface area contributed by atoms with E-state index < -0.39 is 0 Å². The molecule has 2 nitrogen and oxygen atoms in total. The second-order valence-electron chi connectivity index (χ2n) is 3.95. The molecule has 5 heteroatoms. The van der Waals surface area contributed by atoms with Crippen LogP contribution in [0.25, 0.3) is 0 Å². The van der Waals surface area contributed by atoms with Gasteiger partial charge in [-0.3, -0.25) is 0 Å². The summed E-state index contributed by atoms with van der Waals surface area (Å²) in [6, 6.07) is 6.43. The molecule has 0 bridgehead atoms. The highest BCUT2D eigenvalue weighted by Gasteiger charge is 2.09. The number of hydrogen-bond donors (Lipinski definition) is 1. The van der Waals surface area contributed by atoms with Crippen LogP contribution in [-0.2, 0) is 6.61 Å². The first-order chi connectivity index (χ1) is 8.58. The molecule has 0 radical (unpaired) electrons. The molecule has 0 aliphatic carbocycles. The highest BCUT2D eigenvalue weighted by Crippen LogP contribution is 2.25. The van der Waals surface area contributed by atoms with Crippen molar-refractivity contribution in [1.29, 1.82) is 0 Å². The Hall–Kier alpha value is -0.910. The van der Waals surface area contributed by atoms with E-state index in [1.54, 1.807) is 30.4 Å². The lowest BCUT2D eigenvalue weighted by Crippen LogP contribution is -2.07. The summed E-state index contributed by atoms with van der Waals surface area (Å²) in [4.78, 5) is 1.08. The van der Waals surface area contributed by atoms with Gasteiger partial charge in [0.2, 0.25) is 0 Å². The topological polar surface area (TPSA) is 35.2 Å². The fourth-order valence-electron chi connectivity index (χ4n) is 1.54.